The smallest absolute Gasteiger partial charge is 0.245 e. The number of aryl methyl sites for hydroxylation is 1. The fraction of sp³-hybridized carbons (Fsp3) is 0.529. The summed E-state index contributed by atoms with van der Waals surface area (Å²) in [6.07, 6.45) is 0.969. The first kappa shape index (κ1) is 16.5. The van der Waals surface area contributed by atoms with Crippen molar-refractivity contribution < 1.29 is 14.3 Å². The van der Waals surface area contributed by atoms with Crippen LogP contribution in [0.3, 0.4) is 0 Å². The van der Waals surface area contributed by atoms with Crippen LogP contribution < -0.4 is 5.32 Å². The molecule has 0 aromatic heterocycles. The van der Waals surface area contributed by atoms with Crippen molar-refractivity contribution in [3.05, 3.63) is 35.4 Å². The van der Waals surface area contributed by atoms with E-state index in [9.17, 15) is 9.59 Å². The van der Waals surface area contributed by atoms with Crippen molar-refractivity contribution in [2.24, 2.45) is 0 Å². The summed E-state index contributed by atoms with van der Waals surface area (Å²) in [7, 11) is 1.59. The van der Waals surface area contributed by atoms with Gasteiger partial charge in [0.25, 0.3) is 0 Å². The van der Waals surface area contributed by atoms with Crippen LogP contribution in [-0.2, 0) is 20.9 Å². The normalized spacial score (nSPS) is 21.2. The van der Waals surface area contributed by atoms with Gasteiger partial charge in [0.05, 0.1) is 6.61 Å². The van der Waals surface area contributed by atoms with Crippen molar-refractivity contribution in [3.63, 3.8) is 0 Å². The Kier molecular flexibility index (Phi) is 5.19. The summed E-state index contributed by atoms with van der Waals surface area (Å²) in [5.74, 6) is -0.0750. The summed E-state index contributed by atoms with van der Waals surface area (Å²) < 4.78 is 4.95. The molecular weight excluding hydrogens is 280 g/mol. The maximum absolute atomic E-state index is 12.5. The van der Waals surface area contributed by atoms with Gasteiger partial charge in [-0.25, -0.2) is 0 Å². The maximum atomic E-state index is 12.5. The first-order valence-electron chi connectivity index (χ1n) is 7.60. The minimum Gasteiger partial charge on any atom is -0.383 e. The first-order chi connectivity index (χ1) is 10.5. The Labute approximate surface area is 131 Å². The minimum absolute atomic E-state index is 0.0332. The number of nitrogens with zero attached hydrogens (tertiary/aromatic N) is 1. The molecule has 22 heavy (non-hydrogen) atoms. The highest BCUT2D eigenvalue weighted by molar-refractivity contribution is 5.94. The number of hydrogen-bond acceptors (Lipinski definition) is 3. The van der Waals surface area contributed by atoms with Gasteiger partial charge in [0.1, 0.15) is 5.54 Å². The molecule has 1 heterocycles. The third-order valence-electron chi connectivity index (χ3n) is 4.23. The van der Waals surface area contributed by atoms with E-state index in [1.165, 1.54) is 0 Å². The lowest BCUT2D eigenvalue weighted by Gasteiger charge is -2.34. The number of benzene rings is 1. The second-order valence-electron chi connectivity index (χ2n) is 5.99. The molecule has 1 unspecified atom stereocenters. The molecule has 1 aliphatic rings. The van der Waals surface area contributed by atoms with E-state index in [1.54, 1.807) is 12.0 Å². The minimum atomic E-state index is -0.783. The zero-order chi connectivity index (χ0) is 16.2. The fourth-order valence-corrected chi connectivity index (χ4v) is 2.84. The van der Waals surface area contributed by atoms with Gasteiger partial charge in [0.2, 0.25) is 11.8 Å². The van der Waals surface area contributed by atoms with E-state index in [4.69, 9.17) is 4.74 Å². The predicted molar refractivity (Wildman–Crippen MR) is 84.3 cm³/mol. The van der Waals surface area contributed by atoms with Gasteiger partial charge < -0.3 is 15.0 Å². The lowest BCUT2D eigenvalue weighted by Crippen LogP contribution is -2.54. The topological polar surface area (TPSA) is 58.6 Å². The van der Waals surface area contributed by atoms with Crippen LogP contribution in [0.2, 0.25) is 0 Å². The lowest BCUT2D eigenvalue weighted by atomic mass is 9.97. The molecule has 1 fully saturated rings. The molecule has 5 heteroatoms. The van der Waals surface area contributed by atoms with E-state index in [0.717, 1.165) is 11.1 Å². The van der Waals surface area contributed by atoms with E-state index in [2.05, 4.69) is 11.4 Å². The molecule has 120 valence electrons. The number of methoxy groups -OCH3 is 1. The maximum Gasteiger partial charge on any atom is 0.245 e. The van der Waals surface area contributed by atoms with E-state index in [-0.39, 0.29) is 11.8 Å². The molecule has 1 saturated heterocycles. The third kappa shape index (κ3) is 3.47. The van der Waals surface area contributed by atoms with Gasteiger partial charge in [0.15, 0.2) is 0 Å². The van der Waals surface area contributed by atoms with Crippen LogP contribution in [0.25, 0.3) is 0 Å². The molecule has 0 radical (unpaired) electrons. The summed E-state index contributed by atoms with van der Waals surface area (Å²) in [6.45, 7) is 5.25. The molecule has 2 rings (SSSR count). The highest BCUT2D eigenvalue weighted by atomic mass is 16.5. The number of nitrogens with one attached hydrogen (secondary N) is 1. The van der Waals surface area contributed by atoms with Gasteiger partial charge in [-0.05, 0) is 25.8 Å². The van der Waals surface area contributed by atoms with Crippen molar-refractivity contribution in [1.29, 1.82) is 0 Å². The highest BCUT2D eigenvalue weighted by Gasteiger charge is 2.46. The highest BCUT2D eigenvalue weighted by Crippen LogP contribution is 2.32. The van der Waals surface area contributed by atoms with Crippen molar-refractivity contribution in [2.75, 3.05) is 20.3 Å². The van der Waals surface area contributed by atoms with Crippen LogP contribution in [0.1, 0.15) is 30.9 Å². The zero-order valence-electron chi connectivity index (χ0n) is 13.5. The molecule has 0 saturated carbocycles. The van der Waals surface area contributed by atoms with Crippen LogP contribution >= 0.6 is 0 Å². The molecule has 1 atom stereocenters. The Morgan fingerprint density at radius 3 is 2.91 bits per heavy atom. The van der Waals surface area contributed by atoms with E-state index >= 15 is 0 Å². The SMILES string of the molecule is COCCNC(=O)C1(C)CCC(=O)N1Cc1cccc(C)c1. The molecule has 1 aromatic rings. The molecule has 0 spiro atoms. The van der Waals surface area contributed by atoms with Crippen LogP contribution in [-0.4, -0.2) is 42.5 Å². The van der Waals surface area contributed by atoms with E-state index in [1.807, 2.05) is 32.0 Å². The van der Waals surface area contributed by atoms with Gasteiger partial charge in [-0.3, -0.25) is 9.59 Å². The number of hydrogen-bond donors (Lipinski definition) is 1. The predicted octanol–water partition coefficient (Wildman–Crippen LogP) is 1.64. The van der Waals surface area contributed by atoms with E-state index < -0.39 is 5.54 Å². The number of amides is 2. The molecule has 1 aromatic carbocycles. The summed E-state index contributed by atoms with van der Waals surface area (Å²) in [4.78, 5) is 26.4. The van der Waals surface area contributed by atoms with Gasteiger partial charge in [-0.2, -0.15) is 0 Å². The van der Waals surface area contributed by atoms with Crippen LogP contribution in [0, 0.1) is 6.92 Å². The quantitative estimate of drug-likeness (QED) is 0.813. The van der Waals surface area contributed by atoms with Gasteiger partial charge in [0, 0.05) is 26.6 Å². The van der Waals surface area contributed by atoms with Crippen LogP contribution in [0.15, 0.2) is 24.3 Å². The van der Waals surface area contributed by atoms with Crippen LogP contribution in [0.4, 0.5) is 0 Å². The largest absolute Gasteiger partial charge is 0.383 e. The van der Waals surface area contributed by atoms with Crippen molar-refractivity contribution in [2.45, 2.75) is 38.8 Å². The monoisotopic (exact) mass is 304 g/mol. The second kappa shape index (κ2) is 6.92. The summed E-state index contributed by atoms with van der Waals surface area (Å²) in [5, 5.41) is 2.86. The Bertz CT molecular complexity index is 559. The average Bonchev–Trinajstić information content (AvgIpc) is 2.77. The molecule has 1 N–H and O–H groups in total. The van der Waals surface area contributed by atoms with Crippen molar-refractivity contribution in [1.82, 2.24) is 10.2 Å². The Morgan fingerprint density at radius 1 is 1.45 bits per heavy atom. The first-order valence-corrected chi connectivity index (χ1v) is 7.60. The Balaban J connectivity index is 2.12. The number of carbonyl (C=O) groups excluding carboxylic acids is 2. The number of ether oxygens (including phenoxy) is 1. The summed E-state index contributed by atoms with van der Waals surface area (Å²) >= 11 is 0. The van der Waals surface area contributed by atoms with Crippen LogP contribution in [0.5, 0.6) is 0 Å². The van der Waals surface area contributed by atoms with E-state index in [0.29, 0.717) is 32.5 Å². The number of rotatable bonds is 6. The number of likely N-dealkylation sites (tertiary alicyclic amines) is 1. The molecule has 1 aliphatic heterocycles. The average molecular weight is 304 g/mol. The van der Waals surface area contributed by atoms with Gasteiger partial charge in [-0.1, -0.05) is 29.8 Å². The molecule has 5 nitrogen and oxygen atoms in total. The molecule has 0 bridgehead atoms. The summed E-state index contributed by atoms with van der Waals surface area (Å²) in [6, 6.07) is 8.03. The van der Waals surface area contributed by atoms with Gasteiger partial charge >= 0.3 is 0 Å². The molecular formula is C17H24N2O3. The van der Waals surface area contributed by atoms with Crippen molar-refractivity contribution in [3.8, 4) is 0 Å². The lowest BCUT2D eigenvalue weighted by molar-refractivity contribution is -0.141. The standard InChI is InChI=1S/C17H24N2O3/c1-13-5-4-6-14(11-13)12-19-15(20)7-8-17(19,2)16(21)18-9-10-22-3/h4-6,11H,7-10,12H2,1-3H3,(H,18,21). The fourth-order valence-electron chi connectivity index (χ4n) is 2.84. The second-order valence-corrected chi connectivity index (χ2v) is 5.99. The Morgan fingerprint density at radius 2 is 2.23 bits per heavy atom. The summed E-state index contributed by atoms with van der Waals surface area (Å²) in [5.41, 5.74) is 1.41. The number of carbonyl (C=O) groups is 2. The third-order valence-corrected chi connectivity index (χ3v) is 4.23. The molecule has 0 aliphatic carbocycles. The molecule has 2 amide bonds. The van der Waals surface area contributed by atoms with Crippen molar-refractivity contribution >= 4 is 11.8 Å². The van der Waals surface area contributed by atoms with Gasteiger partial charge in [-0.15, -0.1) is 0 Å². The Hall–Kier alpha value is -1.88. The zero-order valence-corrected chi connectivity index (χ0v) is 13.5.